The second-order valence-electron chi connectivity index (χ2n) is 6.34. The van der Waals surface area contributed by atoms with E-state index in [1.54, 1.807) is 41.0 Å². The van der Waals surface area contributed by atoms with Gasteiger partial charge in [0, 0.05) is 44.3 Å². The van der Waals surface area contributed by atoms with Crippen molar-refractivity contribution in [3.05, 3.63) is 30.0 Å². The van der Waals surface area contributed by atoms with Gasteiger partial charge in [-0.15, -0.1) is 16.9 Å². The number of ether oxygens (including phenoxy) is 1. The smallest absolute Gasteiger partial charge is 0.261 e. The molecule has 0 spiro atoms. The van der Waals surface area contributed by atoms with Gasteiger partial charge < -0.3 is 14.5 Å². The highest BCUT2D eigenvalue weighted by molar-refractivity contribution is 7.98. The quantitative estimate of drug-likeness (QED) is 0.624. The van der Waals surface area contributed by atoms with Crippen LogP contribution in [0, 0.1) is 0 Å². The van der Waals surface area contributed by atoms with Crippen LogP contribution in [-0.2, 0) is 7.05 Å². The number of nitrogens with zero attached hydrogens (tertiary/aromatic N) is 5. The molecule has 3 aromatic rings. The lowest BCUT2D eigenvalue weighted by molar-refractivity contribution is 0.0743. The molecule has 27 heavy (non-hydrogen) atoms. The number of hydrogen-bond donors (Lipinski definition) is 0. The molecular formula is C18H21N5O2S2. The van der Waals surface area contributed by atoms with E-state index in [1.807, 2.05) is 4.90 Å². The maximum Gasteiger partial charge on any atom is 0.261 e. The minimum absolute atomic E-state index is 0.0338. The van der Waals surface area contributed by atoms with Gasteiger partial charge in [0.1, 0.15) is 5.56 Å². The van der Waals surface area contributed by atoms with E-state index in [0.29, 0.717) is 24.5 Å². The predicted molar refractivity (Wildman–Crippen MR) is 109 cm³/mol. The zero-order valence-electron chi connectivity index (χ0n) is 15.5. The predicted octanol–water partition coefficient (Wildman–Crippen LogP) is 2.72. The molecule has 9 heteroatoms. The summed E-state index contributed by atoms with van der Waals surface area (Å²) in [5, 5.41) is 5.19. The average Bonchev–Trinajstić information content (AvgIpc) is 3.29. The fourth-order valence-corrected chi connectivity index (χ4v) is 4.76. The third-order valence-corrected chi connectivity index (χ3v) is 6.44. The normalized spacial score (nSPS) is 14.8. The van der Waals surface area contributed by atoms with Crippen LogP contribution in [0.3, 0.4) is 0 Å². The fraction of sp³-hybridized carbons (Fsp3) is 0.389. The number of aromatic nitrogens is 3. The summed E-state index contributed by atoms with van der Waals surface area (Å²) in [7, 11) is 3.32. The van der Waals surface area contributed by atoms with Gasteiger partial charge in [-0.3, -0.25) is 9.48 Å². The van der Waals surface area contributed by atoms with Crippen molar-refractivity contribution in [1.29, 1.82) is 0 Å². The van der Waals surface area contributed by atoms with Gasteiger partial charge in [0.05, 0.1) is 17.3 Å². The summed E-state index contributed by atoms with van der Waals surface area (Å²) in [6.45, 7) is 2.85. The molecule has 1 saturated heterocycles. The number of aryl methyl sites for hydroxylation is 1. The van der Waals surface area contributed by atoms with Gasteiger partial charge in [-0.25, -0.2) is 4.98 Å². The molecule has 1 amide bonds. The Kier molecular flexibility index (Phi) is 4.96. The molecule has 142 valence electrons. The first kappa shape index (κ1) is 18.1. The van der Waals surface area contributed by atoms with Gasteiger partial charge >= 0.3 is 0 Å². The minimum atomic E-state index is -0.0338. The molecule has 1 aliphatic rings. The Morgan fingerprint density at radius 1 is 1.26 bits per heavy atom. The first-order valence-corrected chi connectivity index (χ1v) is 10.7. The lowest BCUT2D eigenvalue weighted by Gasteiger charge is -2.34. The number of amides is 1. The van der Waals surface area contributed by atoms with E-state index in [-0.39, 0.29) is 5.91 Å². The van der Waals surface area contributed by atoms with Gasteiger partial charge in [-0.05, 0) is 24.5 Å². The van der Waals surface area contributed by atoms with E-state index in [9.17, 15) is 4.79 Å². The molecule has 2 aromatic heterocycles. The second-order valence-corrected chi connectivity index (χ2v) is 8.22. The minimum Gasteiger partial charge on any atom is -0.479 e. The average molecular weight is 404 g/mol. The number of thioether (sulfide) groups is 1. The Labute approximate surface area is 165 Å². The lowest BCUT2D eigenvalue weighted by Crippen LogP contribution is -2.48. The van der Waals surface area contributed by atoms with Crippen LogP contribution in [0.4, 0.5) is 5.13 Å². The van der Waals surface area contributed by atoms with Gasteiger partial charge in [0.15, 0.2) is 5.13 Å². The van der Waals surface area contributed by atoms with E-state index in [0.717, 1.165) is 23.7 Å². The van der Waals surface area contributed by atoms with Gasteiger partial charge in [-0.1, -0.05) is 11.3 Å². The molecule has 3 heterocycles. The SMILES string of the molecule is COc1nn(C)cc1C(=O)N1CCN(c2nc3ccc(SC)cc3s2)CC1. The third kappa shape index (κ3) is 3.49. The Morgan fingerprint density at radius 2 is 2.04 bits per heavy atom. The van der Waals surface area contributed by atoms with Crippen molar-refractivity contribution in [3.8, 4) is 5.88 Å². The highest BCUT2D eigenvalue weighted by Crippen LogP contribution is 2.32. The Bertz CT molecular complexity index is 975. The van der Waals surface area contributed by atoms with Crippen LogP contribution >= 0.6 is 23.1 Å². The molecule has 0 saturated carbocycles. The number of thiazole rings is 1. The number of rotatable bonds is 4. The number of fused-ring (bicyclic) bond motifs is 1. The highest BCUT2D eigenvalue weighted by Gasteiger charge is 2.27. The van der Waals surface area contributed by atoms with Crippen molar-refractivity contribution in [2.45, 2.75) is 4.90 Å². The van der Waals surface area contributed by atoms with E-state index in [2.05, 4.69) is 34.5 Å². The summed E-state index contributed by atoms with van der Waals surface area (Å²) in [5.41, 5.74) is 1.55. The summed E-state index contributed by atoms with van der Waals surface area (Å²) in [5.74, 6) is 0.342. The van der Waals surface area contributed by atoms with Crippen molar-refractivity contribution in [3.63, 3.8) is 0 Å². The first-order valence-electron chi connectivity index (χ1n) is 8.65. The molecular weight excluding hydrogens is 382 g/mol. The number of carbonyl (C=O) groups excluding carboxylic acids is 1. The highest BCUT2D eigenvalue weighted by atomic mass is 32.2. The summed E-state index contributed by atoms with van der Waals surface area (Å²) in [6, 6.07) is 6.37. The number of hydrogen-bond acceptors (Lipinski definition) is 7. The molecule has 1 fully saturated rings. The topological polar surface area (TPSA) is 63.5 Å². The summed E-state index contributed by atoms with van der Waals surface area (Å²) >= 11 is 3.45. The van der Waals surface area contributed by atoms with Crippen LogP contribution in [0.15, 0.2) is 29.3 Å². The van der Waals surface area contributed by atoms with Crippen molar-refractivity contribution >= 4 is 44.4 Å². The summed E-state index contributed by atoms with van der Waals surface area (Å²) < 4.78 is 8.03. The van der Waals surface area contributed by atoms with Crippen molar-refractivity contribution in [1.82, 2.24) is 19.7 Å². The number of benzene rings is 1. The molecule has 0 radical (unpaired) electrons. The van der Waals surface area contributed by atoms with Crippen LogP contribution in [0.1, 0.15) is 10.4 Å². The standard InChI is InChI=1S/C18H21N5O2S2/c1-21-11-13(16(20-21)25-2)17(24)22-6-8-23(9-7-22)18-19-14-5-4-12(26-3)10-15(14)27-18/h4-5,10-11H,6-9H2,1-3H3. The van der Waals surface area contributed by atoms with Crippen LogP contribution in [-0.4, -0.2) is 65.1 Å². The third-order valence-electron chi connectivity index (χ3n) is 4.64. The second kappa shape index (κ2) is 7.40. The summed E-state index contributed by atoms with van der Waals surface area (Å²) in [6.07, 6.45) is 3.79. The maximum absolute atomic E-state index is 12.8. The van der Waals surface area contributed by atoms with E-state index < -0.39 is 0 Å². The van der Waals surface area contributed by atoms with E-state index in [4.69, 9.17) is 9.72 Å². The molecule has 0 aliphatic carbocycles. The van der Waals surface area contributed by atoms with Crippen LogP contribution in [0.5, 0.6) is 5.88 Å². The molecule has 0 N–H and O–H groups in total. The van der Waals surface area contributed by atoms with Crippen LogP contribution in [0.25, 0.3) is 10.2 Å². The maximum atomic E-state index is 12.8. The van der Waals surface area contributed by atoms with E-state index >= 15 is 0 Å². The molecule has 4 rings (SSSR count). The van der Waals surface area contributed by atoms with Crippen molar-refractivity contribution in [2.24, 2.45) is 7.05 Å². The van der Waals surface area contributed by atoms with Gasteiger partial charge in [0.25, 0.3) is 5.91 Å². The molecule has 1 aliphatic heterocycles. The zero-order chi connectivity index (χ0) is 19.0. The fourth-order valence-electron chi connectivity index (χ4n) is 3.19. The molecule has 0 atom stereocenters. The Hall–Kier alpha value is -2.26. The Morgan fingerprint density at radius 3 is 2.74 bits per heavy atom. The zero-order valence-corrected chi connectivity index (χ0v) is 17.1. The van der Waals surface area contributed by atoms with Crippen LogP contribution < -0.4 is 9.64 Å². The number of piperazine rings is 1. The van der Waals surface area contributed by atoms with Gasteiger partial charge in [0.2, 0.25) is 5.88 Å². The Balaban J connectivity index is 1.46. The lowest BCUT2D eigenvalue weighted by atomic mass is 10.2. The van der Waals surface area contributed by atoms with E-state index in [1.165, 1.54) is 16.7 Å². The first-order chi connectivity index (χ1) is 13.1. The number of anilines is 1. The molecule has 7 nitrogen and oxygen atoms in total. The monoisotopic (exact) mass is 403 g/mol. The van der Waals surface area contributed by atoms with Crippen molar-refractivity contribution in [2.75, 3.05) is 44.4 Å². The summed E-state index contributed by atoms with van der Waals surface area (Å²) in [4.78, 5) is 22.9. The van der Waals surface area contributed by atoms with Crippen LogP contribution in [0.2, 0.25) is 0 Å². The molecule has 1 aromatic carbocycles. The largest absolute Gasteiger partial charge is 0.479 e. The van der Waals surface area contributed by atoms with Crippen molar-refractivity contribution < 1.29 is 9.53 Å². The molecule has 0 unspecified atom stereocenters. The molecule has 0 bridgehead atoms. The number of carbonyl (C=O) groups is 1. The van der Waals surface area contributed by atoms with Gasteiger partial charge in [-0.2, -0.15) is 0 Å². The number of methoxy groups -OCH3 is 1.